The minimum absolute atomic E-state index is 0.127. The van der Waals surface area contributed by atoms with Crippen molar-refractivity contribution in [1.29, 1.82) is 0 Å². The molecule has 1 atom stereocenters. The number of aliphatic imine (C=N–C) groups is 1. The maximum Gasteiger partial charge on any atom is 0.212 e. The van der Waals surface area contributed by atoms with Crippen LogP contribution in [0.4, 0.5) is 5.95 Å². The predicted octanol–water partition coefficient (Wildman–Crippen LogP) is 3.62. The molecule has 4 rings (SSSR count). The number of aromatic nitrogens is 2. The molecule has 0 bridgehead atoms. The summed E-state index contributed by atoms with van der Waals surface area (Å²) in [5.41, 5.74) is 10.5. The van der Waals surface area contributed by atoms with Gasteiger partial charge in [-0.1, -0.05) is 57.2 Å². The van der Waals surface area contributed by atoms with E-state index in [0.717, 1.165) is 22.5 Å². The van der Waals surface area contributed by atoms with Crippen molar-refractivity contribution in [3.8, 4) is 0 Å². The number of anilines is 1. The average Bonchev–Trinajstić information content (AvgIpc) is 2.91. The number of rotatable bonds is 1. The summed E-state index contributed by atoms with van der Waals surface area (Å²) in [4.78, 5) is 9.24. The van der Waals surface area contributed by atoms with Crippen LogP contribution >= 0.6 is 0 Å². The SMILES string of the molecule is CC(C)(C)c1ccc([C@H]2N=C(N)Nc3nc4ccccc4n32)cc1. The van der Waals surface area contributed by atoms with Gasteiger partial charge in [-0.3, -0.25) is 9.88 Å². The molecule has 3 aromatic rings. The molecule has 24 heavy (non-hydrogen) atoms. The number of guanidine groups is 1. The van der Waals surface area contributed by atoms with E-state index >= 15 is 0 Å². The highest BCUT2D eigenvalue weighted by atomic mass is 15.4. The molecular weight excluding hydrogens is 298 g/mol. The Kier molecular flexibility index (Phi) is 3.13. The van der Waals surface area contributed by atoms with Crippen LogP contribution in [0, 0.1) is 0 Å². The number of hydrogen-bond acceptors (Lipinski definition) is 4. The lowest BCUT2D eigenvalue weighted by Gasteiger charge is -2.25. The van der Waals surface area contributed by atoms with E-state index in [0.29, 0.717) is 5.96 Å². The first-order valence-electron chi connectivity index (χ1n) is 8.11. The van der Waals surface area contributed by atoms with Crippen molar-refractivity contribution in [2.24, 2.45) is 10.7 Å². The molecule has 0 amide bonds. The van der Waals surface area contributed by atoms with E-state index in [1.54, 1.807) is 0 Å². The van der Waals surface area contributed by atoms with Gasteiger partial charge >= 0.3 is 0 Å². The standard InChI is InChI=1S/C19H21N5/c1-19(2,3)13-10-8-12(9-11-13)16-22-17(20)23-18-21-14-6-4-5-7-15(14)24(16)18/h4-11,16H,1-3H3,(H3,20,21,22,23)/t16-/m0/s1. The summed E-state index contributed by atoms with van der Waals surface area (Å²) in [5, 5.41) is 3.06. The molecule has 5 nitrogen and oxygen atoms in total. The smallest absolute Gasteiger partial charge is 0.212 e. The molecule has 0 fully saturated rings. The minimum atomic E-state index is -0.206. The first-order chi connectivity index (χ1) is 11.4. The monoisotopic (exact) mass is 319 g/mol. The number of imidazole rings is 1. The number of para-hydroxylation sites is 2. The van der Waals surface area contributed by atoms with E-state index in [1.807, 2.05) is 18.2 Å². The van der Waals surface area contributed by atoms with Crippen LogP contribution < -0.4 is 11.1 Å². The fourth-order valence-electron chi connectivity index (χ4n) is 3.10. The normalized spacial score (nSPS) is 17.3. The third-order valence-electron chi connectivity index (χ3n) is 4.42. The fraction of sp³-hybridized carbons (Fsp3) is 0.263. The third kappa shape index (κ3) is 2.33. The molecule has 0 radical (unpaired) electrons. The maximum atomic E-state index is 5.98. The zero-order chi connectivity index (χ0) is 16.9. The molecule has 0 saturated heterocycles. The van der Waals surface area contributed by atoms with Gasteiger partial charge in [-0.05, 0) is 28.7 Å². The maximum absolute atomic E-state index is 5.98. The Morgan fingerprint density at radius 1 is 1.04 bits per heavy atom. The molecule has 1 aliphatic heterocycles. The zero-order valence-electron chi connectivity index (χ0n) is 14.1. The zero-order valence-corrected chi connectivity index (χ0v) is 14.1. The van der Waals surface area contributed by atoms with E-state index in [4.69, 9.17) is 5.73 Å². The number of nitrogens with two attached hydrogens (primary N) is 1. The van der Waals surface area contributed by atoms with Crippen LogP contribution in [0.5, 0.6) is 0 Å². The van der Waals surface area contributed by atoms with Gasteiger partial charge in [0.05, 0.1) is 11.0 Å². The summed E-state index contributed by atoms with van der Waals surface area (Å²) in [7, 11) is 0. The van der Waals surface area contributed by atoms with Crippen LogP contribution in [0.2, 0.25) is 0 Å². The largest absolute Gasteiger partial charge is 0.370 e. The highest BCUT2D eigenvalue weighted by molar-refractivity contribution is 5.94. The van der Waals surface area contributed by atoms with Crippen molar-refractivity contribution < 1.29 is 0 Å². The van der Waals surface area contributed by atoms with Crippen LogP contribution in [0.15, 0.2) is 53.5 Å². The molecule has 2 aromatic carbocycles. The Morgan fingerprint density at radius 3 is 2.46 bits per heavy atom. The topological polar surface area (TPSA) is 68.2 Å². The van der Waals surface area contributed by atoms with Gasteiger partial charge in [-0.25, -0.2) is 9.98 Å². The van der Waals surface area contributed by atoms with Crippen molar-refractivity contribution in [1.82, 2.24) is 9.55 Å². The molecular formula is C19H21N5. The minimum Gasteiger partial charge on any atom is -0.370 e. The summed E-state index contributed by atoms with van der Waals surface area (Å²) in [5.74, 6) is 1.12. The van der Waals surface area contributed by atoms with Gasteiger partial charge in [0.1, 0.15) is 0 Å². The summed E-state index contributed by atoms with van der Waals surface area (Å²) < 4.78 is 2.10. The van der Waals surface area contributed by atoms with Crippen LogP contribution in [0.1, 0.15) is 38.1 Å². The van der Waals surface area contributed by atoms with Crippen molar-refractivity contribution in [2.45, 2.75) is 32.4 Å². The number of nitrogens with one attached hydrogen (secondary N) is 1. The van der Waals surface area contributed by atoms with Crippen molar-refractivity contribution >= 4 is 22.9 Å². The van der Waals surface area contributed by atoms with E-state index in [-0.39, 0.29) is 11.6 Å². The molecule has 3 N–H and O–H groups in total. The van der Waals surface area contributed by atoms with Gasteiger partial charge in [-0.2, -0.15) is 0 Å². The van der Waals surface area contributed by atoms with Gasteiger partial charge < -0.3 is 5.73 Å². The number of nitrogens with zero attached hydrogens (tertiary/aromatic N) is 3. The number of hydrogen-bond donors (Lipinski definition) is 2. The summed E-state index contributed by atoms with van der Waals surface area (Å²) in [6.45, 7) is 6.64. The number of benzene rings is 2. The van der Waals surface area contributed by atoms with Crippen LogP contribution in [-0.2, 0) is 5.41 Å². The summed E-state index contributed by atoms with van der Waals surface area (Å²) in [6.07, 6.45) is -0.206. The Labute approximate surface area is 141 Å². The van der Waals surface area contributed by atoms with Crippen LogP contribution in [-0.4, -0.2) is 15.5 Å². The molecule has 1 aromatic heterocycles. The van der Waals surface area contributed by atoms with E-state index < -0.39 is 0 Å². The molecule has 0 unspecified atom stereocenters. The molecule has 0 aliphatic carbocycles. The Balaban J connectivity index is 1.85. The first kappa shape index (κ1) is 14.8. The summed E-state index contributed by atoms with van der Waals surface area (Å²) >= 11 is 0. The van der Waals surface area contributed by atoms with Gasteiger partial charge in [0.2, 0.25) is 5.95 Å². The van der Waals surface area contributed by atoms with E-state index in [9.17, 15) is 0 Å². The lowest BCUT2D eigenvalue weighted by Crippen LogP contribution is -2.31. The Hall–Kier alpha value is -2.82. The van der Waals surface area contributed by atoms with E-state index in [2.05, 4.69) is 71.0 Å². The fourth-order valence-corrected chi connectivity index (χ4v) is 3.10. The van der Waals surface area contributed by atoms with Gasteiger partial charge in [0.15, 0.2) is 12.1 Å². The molecule has 1 aliphatic rings. The quantitative estimate of drug-likeness (QED) is 0.720. The molecule has 2 heterocycles. The van der Waals surface area contributed by atoms with Crippen molar-refractivity contribution in [2.75, 3.05) is 5.32 Å². The second-order valence-electron chi connectivity index (χ2n) is 7.18. The molecule has 0 saturated carbocycles. The summed E-state index contributed by atoms with van der Waals surface area (Å²) in [6, 6.07) is 16.7. The molecule has 0 spiro atoms. The van der Waals surface area contributed by atoms with Gasteiger partial charge in [0, 0.05) is 0 Å². The highest BCUT2D eigenvalue weighted by Gasteiger charge is 2.25. The lowest BCUT2D eigenvalue weighted by atomic mass is 9.86. The highest BCUT2D eigenvalue weighted by Crippen LogP contribution is 2.33. The van der Waals surface area contributed by atoms with Crippen molar-refractivity contribution in [3.05, 3.63) is 59.7 Å². The number of fused-ring (bicyclic) bond motifs is 3. The van der Waals surface area contributed by atoms with Gasteiger partial charge in [-0.15, -0.1) is 0 Å². The predicted molar refractivity (Wildman–Crippen MR) is 98.3 cm³/mol. The molecule has 5 heteroatoms. The third-order valence-corrected chi connectivity index (χ3v) is 4.42. The second-order valence-corrected chi connectivity index (χ2v) is 7.18. The Bertz CT molecular complexity index is 929. The lowest BCUT2D eigenvalue weighted by molar-refractivity contribution is 0.587. The van der Waals surface area contributed by atoms with E-state index in [1.165, 1.54) is 5.56 Å². The Morgan fingerprint density at radius 2 is 1.75 bits per heavy atom. The first-order valence-corrected chi connectivity index (χ1v) is 8.11. The van der Waals surface area contributed by atoms with Crippen LogP contribution in [0.3, 0.4) is 0 Å². The molecule has 122 valence electrons. The van der Waals surface area contributed by atoms with Gasteiger partial charge in [0.25, 0.3) is 0 Å². The van der Waals surface area contributed by atoms with Crippen molar-refractivity contribution in [3.63, 3.8) is 0 Å². The second kappa shape index (κ2) is 5.09. The van der Waals surface area contributed by atoms with Crippen LogP contribution in [0.25, 0.3) is 11.0 Å². The average molecular weight is 319 g/mol.